The summed E-state index contributed by atoms with van der Waals surface area (Å²) in [7, 11) is 0. The molecule has 6 heteroatoms. The van der Waals surface area contributed by atoms with Gasteiger partial charge in [0.05, 0.1) is 6.61 Å². The first-order valence-corrected chi connectivity index (χ1v) is 2.33. The number of rotatable bonds is 2. The lowest BCUT2D eigenvalue weighted by Crippen LogP contribution is -2.26. The Kier molecular flexibility index (Phi) is 3.14. The molecule has 3 nitrogen and oxygen atoms in total. The molecule has 0 aromatic rings. The highest BCUT2D eigenvalue weighted by molar-refractivity contribution is 5.75. The first-order chi connectivity index (χ1) is 4.48. The summed E-state index contributed by atoms with van der Waals surface area (Å²) >= 11 is 0. The van der Waals surface area contributed by atoms with Crippen molar-refractivity contribution in [2.75, 3.05) is 13.2 Å². The molecule has 0 fully saturated rings. The van der Waals surface area contributed by atoms with Crippen molar-refractivity contribution < 1.29 is 27.8 Å². The molecule has 0 unspecified atom stereocenters. The minimum Gasteiger partial charge on any atom is -0.457 e. The highest BCUT2D eigenvalue weighted by atomic mass is 19.4. The van der Waals surface area contributed by atoms with Gasteiger partial charge in [-0.3, -0.25) is 0 Å². The number of hydrogen-bond donors (Lipinski definition) is 1. The molecule has 0 aliphatic heterocycles. The zero-order valence-electron chi connectivity index (χ0n) is 4.81. The van der Waals surface area contributed by atoms with Gasteiger partial charge in [-0.25, -0.2) is 4.79 Å². The summed E-state index contributed by atoms with van der Waals surface area (Å²) in [4.78, 5) is 9.77. The fourth-order valence-electron chi connectivity index (χ4n) is 0.220. The molecular weight excluding hydrogens is 153 g/mol. The highest BCUT2D eigenvalue weighted by Gasteiger charge is 2.40. The first kappa shape index (κ1) is 9.22. The van der Waals surface area contributed by atoms with Crippen LogP contribution in [0.2, 0.25) is 0 Å². The number of halogens is 3. The standard InChI is InChI=1S/C4H5F3O3/c5-4(6,7)3(9)10-2-1-8/h8H,1-2H2. The number of carbonyl (C=O) groups is 1. The van der Waals surface area contributed by atoms with Gasteiger partial charge in [0, 0.05) is 0 Å². The van der Waals surface area contributed by atoms with E-state index in [0.29, 0.717) is 0 Å². The third kappa shape index (κ3) is 3.29. The topological polar surface area (TPSA) is 46.5 Å². The molecule has 0 amide bonds. The van der Waals surface area contributed by atoms with E-state index in [1.165, 1.54) is 0 Å². The second-order valence-electron chi connectivity index (χ2n) is 1.36. The fourth-order valence-corrected chi connectivity index (χ4v) is 0.220. The van der Waals surface area contributed by atoms with Gasteiger partial charge in [0.1, 0.15) is 6.61 Å². The maximum Gasteiger partial charge on any atom is 0.490 e. The van der Waals surface area contributed by atoms with Crippen LogP contribution in [0.5, 0.6) is 0 Å². The molecule has 0 heterocycles. The summed E-state index contributed by atoms with van der Waals surface area (Å²) < 4.78 is 37.2. The second-order valence-corrected chi connectivity index (χ2v) is 1.36. The molecule has 0 aromatic carbocycles. The van der Waals surface area contributed by atoms with E-state index >= 15 is 0 Å². The lowest BCUT2D eigenvalue weighted by atomic mass is 10.6. The number of carbonyl (C=O) groups excluding carboxylic acids is 1. The lowest BCUT2D eigenvalue weighted by molar-refractivity contribution is -0.200. The summed E-state index contributed by atoms with van der Waals surface area (Å²) in [5, 5.41) is 7.94. The summed E-state index contributed by atoms with van der Waals surface area (Å²) in [5.41, 5.74) is 0. The molecule has 0 saturated carbocycles. The van der Waals surface area contributed by atoms with Gasteiger partial charge in [-0.2, -0.15) is 13.2 Å². The average molecular weight is 158 g/mol. The van der Waals surface area contributed by atoms with Crippen LogP contribution < -0.4 is 0 Å². The third-order valence-electron chi connectivity index (χ3n) is 0.556. The van der Waals surface area contributed by atoms with Crippen LogP contribution in [0, 0.1) is 0 Å². The number of hydrogen-bond acceptors (Lipinski definition) is 3. The van der Waals surface area contributed by atoms with E-state index in [0.717, 1.165) is 0 Å². The van der Waals surface area contributed by atoms with Crippen molar-refractivity contribution in [3.05, 3.63) is 0 Å². The quantitative estimate of drug-likeness (QED) is 0.579. The Bertz CT molecular complexity index is 119. The SMILES string of the molecule is O=C(OCCO)C(F)(F)F. The smallest absolute Gasteiger partial charge is 0.457 e. The van der Waals surface area contributed by atoms with Crippen molar-refractivity contribution in [2.45, 2.75) is 6.18 Å². The van der Waals surface area contributed by atoms with Crippen molar-refractivity contribution in [3.8, 4) is 0 Å². The monoisotopic (exact) mass is 158 g/mol. The van der Waals surface area contributed by atoms with Crippen LogP contribution >= 0.6 is 0 Å². The fraction of sp³-hybridized carbons (Fsp3) is 0.750. The first-order valence-electron chi connectivity index (χ1n) is 2.33. The number of aliphatic hydroxyl groups is 1. The number of alkyl halides is 3. The summed E-state index contributed by atoms with van der Waals surface area (Å²) in [5.74, 6) is -2.28. The largest absolute Gasteiger partial charge is 0.490 e. The van der Waals surface area contributed by atoms with Crippen LogP contribution in [0.25, 0.3) is 0 Å². The molecule has 0 bridgehead atoms. The zero-order valence-corrected chi connectivity index (χ0v) is 4.81. The summed E-state index contributed by atoms with van der Waals surface area (Å²) in [6.07, 6.45) is -4.96. The second kappa shape index (κ2) is 3.40. The third-order valence-corrected chi connectivity index (χ3v) is 0.556. The Morgan fingerprint density at radius 1 is 1.50 bits per heavy atom. The van der Waals surface area contributed by atoms with Crippen LogP contribution in [0.15, 0.2) is 0 Å². The van der Waals surface area contributed by atoms with Gasteiger partial charge in [0.25, 0.3) is 0 Å². The van der Waals surface area contributed by atoms with Crippen molar-refractivity contribution >= 4 is 5.97 Å². The van der Waals surface area contributed by atoms with Crippen molar-refractivity contribution in [2.24, 2.45) is 0 Å². The van der Waals surface area contributed by atoms with Gasteiger partial charge in [0.15, 0.2) is 0 Å². The molecule has 0 atom stereocenters. The van der Waals surface area contributed by atoms with Gasteiger partial charge >= 0.3 is 12.1 Å². The van der Waals surface area contributed by atoms with Gasteiger partial charge in [-0.1, -0.05) is 0 Å². The summed E-state index contributed by atoms with van der Waals surface area (Å²) in [6.45, 7) is -1.24. The number of esters is 1. The molecule has 0 radical (unpaired) electrons. The Labute approximate surface area is 54.4 Å². The van der Waals surface area contributed by atoms with Crippen LogP contribution in [0.4, 0.5) is 13.2 Å². The van der Waals surface area contributed by atoms with E-state index in [4.69, 9.17) is 5.11 Å². The predicted molar refractivity (Wildman–Crippen MR) is 24.1 cm³/mol. The van der Waals surface area contributed by atoms with Crippen LogP contribution in [-0.2, 0) is 9.53 Å². The molecule has 0 aliphatic rings. The average Bonchev–Trinajstić information content (AvgIpc) is 1.80. The highest BCUT2D eigenvalue weighted by Crippen LogP contribution is 2.15. The molecule has 0 spiro atoms. The lowest BCUT2D eigenvalue weighted by Gasteiger charge is -2.04. The Morgan fingerprint density at radius 3 is 2.30 bits per heavy atom. The van der Waals surface area contributed by atoms with Crippen molar-refractivity contribution in [1.82, 2.24) is 0 Å². The molecule has 1 N–H and O–H groups in total. The molecular formula is C4H5F3O3. The van der Waals surface area contributed by atoms with Crippen molar-refractivity contribution in [3.63, 3.8) is 0 Å². The Hall–Kier alpha value is -0.780. The van der Waals surface area contributed by atoms with E-state index in [-0.39, 0.29) is 0 Å². The number of ether oxygens (including phenoxy) is 1. The molecule has 0 rings (SSSR count). The number of aliphatic hydroxyl groups excluding tert-OH is 1. The Balaban J connectivity index is 3.64. The zero-order chi connectivity index (χ0) is 8.20. The molecule has 0 aromatic heterocycles. The Morgan fingerprint density at radius 2 is 2.00 bits per heavy atom. The van der Waals surface area contributed by atoms with E-state index in [1.54, 1.807) is 0 Å². The van der Waals surface area contributed by atoms with Gasteiger partial charge in [-0.05, 0) is 0 Å². The molecule has 0 aliphatic carbocycles. The molecule has 60 valence electrons. The minimum atomic E-state index is -4.96. The molecule has 10 heavy (non-hydrogen) atoms. The van der Waals surface area contributed by atoms with Gasteiger partial charge in [-0.15, -0.1) is 0 Å². The minimum absolute atomic E-state index is 0.609. The maximum atomic E-state index is 11.2. The normalized spacial score (nSPS) is 11.2. The van der Waals surface area contributed by atoms with Crippen LogP contribution in [0.1, 0.15) is 0 Å². The van der Waals surface area contributed by atoms with E-state index in [2.05, 4.69) is 4.74 Å². The van der Waals surface area contributed by atoms with Gasteiger partial charge in [0.2, 0.25) is 0 Å². The predicted octanol–water partition coefficient (Wildman–Crippen LogP) is 0.0842. The molecule has 0 saturated heterocycles. The van der Waals surface area contributed by atoms with E-state index in [9.17, 15) is 18.0 Å². The van der Waals surface area contributed by atoms with Crippen molar-refractivity contribution in [1.29, 1.82) is 0 Å². The van der Waals surface area contributed by atoms with E-state index in [1.807, 2.05) is 0 Å². The maximum absolute atomic E-state index is 11.2. The summed E-state index contributed by atoms with van der Waals surface area (Å²) in [6, 6.07) is 0. The van der Waals surface area contributed by atoms with Gasteiger partial charge < -0.3 is 9.84 Å². The van der Waals surface area contributed by atoms with Crippen LogP contribution in [-0.4, -0.2) is 30.5 Å². The van der Waals surface area contributed by atoms with E-state index < -0.39 is 25.4 Å². The van der Waals surface area contributed by atoms with Crippen LogP contribution in [0.3, 0.4) is 0 Å².